The number of hydrogen-bond donors (Lipinski definition) is 1. The minimum atomic E-state index is -0.132. The molecule has 0 spiro atoms. The summed E-state index contributed by atoms with van der Waals surface area (Å²) >= 11 is 2.75. The molecular weight excluding hydrogens is 478 g/mol. The number of fused-ring (bicyclic) bond motifs is 1. The van der Waals surface area contributed by atoms with Crippen molar-refractivity contribution in [2.24, 2.45) is 23.2 Å². The zero-order chi connectivity index (χ0) is 24.2. The Balaban J connectivity index is 1.19. The van der Waals surface area contributed by atoms with Gasteiger partial charge in [-0.05, 0) is 80.8 Å². The van der Waals surface area contributed by atoms with E-state index < -0.39 is 0 Å². The highest BCUT2D eigenvalue weighted by Crippen LogP contribution is 2.61. The number of aromatic nitrogens is 2. The molecule has 3 aromatic rings. The van der Waals surface area contributed by atoms with Crippen molar-refractivity contribution in [2.75, 3.05) is 5.75 Å². The molecule has 0 unspecified atom stereocenters. The molecule has 184 valence electrons. The Bertz CT molecular complexity index is 1290. The SMILES string of the molecule is C=CCn1c(SCC(=O)N[C@H](C)C23CC4CC(CC(C4)C2)C3)nc2scc(-c3ccco3)c2c1=O. The minimum absolute atomic E-state index is 0.0141. The second-order valence-electron chi connectivity index (χ2n) is 10.8. The summed E-state index contributed by atoms with van der Waals surface area (Å²) in [6.07, 6.45) is 11.3. The lowest BCUT2D eigenvalue weighted by molar-refractivity contribution is -0.123. The normalized spacial score (nSPS) is 27.9. The lowest BCUT2D eigenvalue weighted by Gasteiger charge is -2.59. The zero-order valence-electron chi connectivity index (χ0n) is 20.0. The van der Waals surface area contributed by atoms with Crippen LogP contribution >= 0.6 is 23.1 Å². The Morgan fingerprint density at radius 2 is 2.06 bits per heavy atom. The van der Waals surface area contributed by atoms with Gasteiger partial charge < -0.3 is 9.73 Å². The van der Waals surface area contributed by atoms with E-state index in [0.29, 0.717) is 27.7 Å². The monoisotopic (exact) mass is 509 g/mol. The summed E-state index contributed by atoms with van der Waals surface area (Å²) in [6, 6.07) is 3.83. The van der Waals surface area contributed by atoms with Crippen molar-refractivity contribution in [2.45, 2.75) is 63.2 Å². The van der Waals surface area contributed by atoms with Crippen molar-refractivity contribution in [1.29, 1.82) is 0 Å². The van der Waals surface area contributed by atoms with Crippen LogP contribution in [0.5, 0.6) is 0 Å². The van der Waals surface area contributed by atoms with Gasteiger partial charge in [-0.2, -0.15) is 0 Å². The van der Waals surface area contributed by atoms with Crippen LogP contribution in [-0.4, -0.2) is 27.3 Å². The summed E-state index contributed by atoms with van der Waals surface area (Å²) in [4.78, 5) is 31.9. The van der Waals surface area contributed by atoms with Crippen molar-refractivity contribution in [3.8, 4) is 11.3 Å². The first-order valence-electron chi connectivity index (χ1n) is 12.5. The maximum absolute atomic E-state index is 13.4. The number of nitrogens with zero attached hydrogens (tertiary/aromatic N) is 2. The van der Waals surface area contributed by atoms with E-state index in [4.69, 9.17) is 9.40 Å². The third kappa shape index (κ3) is 4.08. The Labute approximate surface area is 213 Å². The number of carbonyl (C=O) groups is 1. The topological polar surface area (TPSA) is 77.1 Å². The standard InChI is InChI=1S/C27H31N3O3S2/c1-3-6-30-25(32)23-20(21-5-4-7-33-21)14-34-24(23)29-26(30)35-15-22(31)28-16(2)27-11-17-8-18(12-27)10-19(9-17)13-27/h3-5,7,14,16-19H,1,6,8-13,15H2,2H3,(H,28,31)/t16-,17?,18?,19?,27?/m1/s1. The molecular formula is C27H31N3O3S2. The van der Waals surface area contributed by atoms with Crippen molar-refractivity contribution >= 4 is 39.2 Å². The van der Waals surface area contributed by atoms with Crippen LogP contribution in [-0.2, 0) is 11.3 Å². The molecule has 6 nitrogen and oxygen atoms in total. The predicted molar refractivity (Wildman–Crippen MR) is 141 cm³/mol. The van der Waals surface area contributed by atoms with Crippen LogP contribution in [0.25, 0.3) is 21.5 Å². The number of carbonyl (C=O) groups excluding carboxylic acids is 1. The first kappa shape index (κ1) is 23.1. The fourth-order valence-corrected chi connectivity index (χ4v) is 9.08. The van der Waals surface area contributed by atoms with Gasteiger partial charge in [0, 0.05) is 23.5 Å². The van der Waals surface area contributed by atoms with E-state index >= 15 is 0 Å². The molecule has 4 aliphatic carbocycles. The second kappa shape index (κ2) is 8.96. The summed E-state index contributed by atoms with van der Waals surface area (Å²) in [5.74, 6) is 3.48. The van der Waals surface area contributed by atoms with Crippen LogP contribution in [0, 0.1) is 23.2 Å². The number of hydrogen-bond acceptors (Lipinski definition) is 6. The van der Waals surface area contributed by atoms with Gasteiger partial charge in [-0.15, -0.1) is 17.9 Å². The molecule has 0 aliphatic heterocycles. The smallest absolute Gasteiger partial charge is 0.263 e. The highest BCUT2D eigenvalue weighted by atomic mass is 32.2. The molecule has 3 heterocycles. The maximum atomic E-state index is 13.4. The summed E-state index contributed by atoms with van der Waals surface area (Å²) in [7, 11) is 0. The van der Waals surface area contributed by atoms with Gasteiger partial charge in [-0.1, -0.05) is 17.8 Å². The van der Waals surface area contributed by atoms with Crippen molar-refractivity contribution in [3.05, 3.63) is 46.8 Å². The Morgan fingerprint density at radius 1 is 1.34 bits per heavy atom. The molecule has 3 aromatic heterocycles. The van der Waals surface area contributed by atoms with Gasteiger partial charge in [-0.3, -0.25) is 14.2 Å². The van der Waals surface area contributed by atoms with Crippen molar-refractivity contribution < 1.29 is 9.21 Å². The van der Waals surface area contributed by atoms with E-state index in [1.165, 1.54) is 61.6 Å². The summed E-state index contributed by atoms with van der Waals surface area (Å²) < 4.78 is 7.13. The molecule has 1 N–H and O–H groups in total. The molecule has 1 atom stereocenters. The lowest BCUT2D eigenvalue weighted by Crippen LogP contribution is -2.56. The first-order chi connectivity index (χ1) is 17.0. The molecule has 0 radical (unpaired) electrons. The van der Waals surface area contributed by atoms with Crippen molar-refractivity contribution in [3.63, 3.8) is 0 Å². The fourth-order valence-electron chi connectivity index (χ4n) is 7.29. The number of rotatable bonds is 8. The quantitative estimate of drug-likeness (QED) is 0.239. The van der Waals surface area contributed by atoms with Gasteiger partial charge in [0.25, 0.3) is 5.56 Å². The Hall–Kier alpha value is -2.32. The van der Waals surface area contributed by atoms with E-state index in [0.717, 1.165) is 23.3 Å². The maximum Gasteiger partial charge on any atom is 0.263 e. The molecule has 4 fully saturated rings. The van der Waals surface area contributed by atoms with Gasteiger partial charge in [0.15, 0.2) is 5.16 Å². The van der Waals surface area contributed by atoms with Gasteiger partial charge in [0.05, 0.1) is 17.4 Å². The highest BCUT2D eigenvalue weighted by Gasteiger charge is 2.53. The number of thioether (sulfide) groups is 1. The van der Waals surface area contributed by atoms with E-state index in [2.05, 4.69) is 18.8 Å². The van der Waals surface area contributed by atoms with Crippen molar-refractivity contribution in [1.82, 2.24) is 14.9 Å². The molecule has 0 aromatic carbocycles. The number of nitrogens with one attached hydrogen (secondary N) is 1. The number of furan rings is 1. The Kier molecular flexibility index (Phi) is 5.92. The summed E-state index contributed by atoms with van der Waals surface area (Å²) in [5, 5.41) is 6.34. The van der Waals surface area contributed by atoms with Crippen LogP contribution in [0.15, 0.2) is 50.8 Å². The molecule has 8 heteroatoms. The molecule has 4 bridgehead atoms. The third-order valence-electron chi connectivity index (χ3n) is 8.47. The predicted octanol–water partition coefficient (Wildman–Crippen LogP) is 5.72. The van der Waals surface area contributed by atoms with E-state index in [-0.39, 0.29) is 28.7 Å². The van der Waals surface area contributed by atoms with Gasteiger partial charge >= 0.3 is 0 Å². The van der Waals surface area contributed by atoms with E-state index in [1.54, 1.807) is 16.9 Å². The minimum Gasteiger partial charge on any atom is -0.464 e. The largest absolute Gasteiger partial charge is 0.464 e. The summed E-state index contributed by atoms with van der Waals surface area (Å²) in [5.41, 5.74) is 0.896. The van der Waals surface area contributed by atoms with Crippen LogP contribution in [0.3, 0.4) is 0 Å². The number of amides is 1. The molecule has 0 saturated heterocycles. The number of allylic oxidation sites excluding steroid dienone is 1. The molecule has 4 aliphatic rings. The van der Waals surface area contributed by atoms with E-state index in [9.17, 15) is 9.59 Å². The van der Waals surface area contributed by atoms with Crippen LogP contribution in [0.4, 0.5) is 0 Å². The molecule has 4 saturated carbocycles. The number of thiophene rings is 1. The lowest BCUT2D eigenvalue weighted by atomic mass is 9.48. The zero-order valence-corrected chi connectivity index (χ0v) is 21.6. The highest BCUT2D eigenvalue weighted by molar-refractivity contribution is 7.99. The fraction of sp³-hybridized carbons (Fsp3) is 0.519. The van der Waals surface area contributed by atoms with E-state index in [1.807, 2.05) is 17.5 Å². The second-order valence-corrected chi connectivity index (χ2v) is 12.6. The molecule has 1 amide bonds. The average Bonchev–Trinajstić information content (AvgIpc) is 3.49. The summed E-state index contributed by atoms with van der Waals surface area (Å²) in [6.45, 7) is 6.35. The van der Waals surface area contributed by atoms with Gasteiger partial charge in [0.1, 0.15) is 10.6 Å². The molecule has 35 heavy (non-hydrogen) atoms. The van der Waals surface area contributed by atoms with Crippen LogP contribution < -0.4 is 10.9 Å². The average molecular weight is 510 g/mol. The Morgan fingerprint density at radius 3 is 2.69 bits per heavy atom. The van der Waals surface area contributed by atoms with Gasteiger partial charge in [0.2, 0.25) is 5.91 Å². The van der Waals surface area contributed by atoms with Gasteiger partial charge in [-0.25, -0.2) is 4.98 Å². The van der Waals surface area contributed by atoms with Crippen LogP contribution in [0.2, 0.25) is 0 Å². The molecule has 7 rings (SSSR count). The third-order valence-corrected chi connectivity index (χ3v) is 10.3. The van der Waals surface area contributed by atoms with Crippen LogP contribution in [0.1, 0.15) is 45.4 Å². The first-order valence-corrected chi connectivity index (χ1v) is 14.4.